The van der Waals surface area contributed by atoms with Crippen LogP contribution in [0.1, 0.15) is 19.4 Å². The van der Waals surface area contributed by atoms with Crippen LogP contribution in [0.25, 0.3) is 6.08 Å². The summed E-state index contributed by atoms with van der Waals surface area (Å²) in [5.74, 6) is 1.12. The fourth-order valence-corrected chi connectivity index (χ4v) is 3.11. The quantitative estimate of drug-likeness (QED) is 0.573. The van der Waals surface area contributed by atoms with Crippen molar-refractivity contribution in [2.45, 2.75) is 13.8 Å². The number of anilines is 1. The van der Waals surface area contributed by atoms with Crippen LogP contribution >= 0.6 is 23.8 Å². The van der Waals surface area contributed by atoms with Crippen molar-refractivity contribution in [3.63, 3.8) is 0 Å². The van der Waals surface area contributed by atoms with Gasteiger partial charge in [-0.1, -0.05) is 11.6 Å². The third kappa shape index (κ3) is 4.23. The van der Waals surface area contributed by atoms with E-state index in [1.807, 2.05) is 32.0 Å². The van der Waals surface area contributed by atoms with Gasteiger partial charge in [0.25, 0.3) is 5.91 Å². The van der Waals surface area contributed by atoms with Crippen LogP contribution in [-0.4, -0.2) is 24.2 Å². The summed E-state index contributed by atoms with van der Waals surface area (Å²) < 4.78 is 11.2. The third-order valence-corrected chi connectivity index (χ3v) is 4.40. The Hall–Kier alpha value is -2.57. The Labute approximate surface area is 168 Å². The highest BCUT2D eigenvalue weighted by atomic mass is 35.5. The summed E-state index contributed by atoms with van der Waals surface area (Å²) in [5.41, 5.74) is 1.79. The summed E-state index contributed by atoms with van der Waals surface area (Å²) in [4.78, 5) is 14.3. The van der Waals surface area contributed by atoms with Gasteiger partial charge in [0.2, 0.25) is 0 Å². The van der Waals surface area contributed by atoms with E-state index in [1.165, 1.54) is 4.90 Å². The fraction of sp³-hybridized carbons (Fsp3) is 0.200. The first kappa shape index (κ1) is 19.2. The molecule has 140 valence electrons. The van der Waals surface area contributed by atoms with E-state index in [-0.39, 0.29) is 5.91 Å². The lowest BCUT2D eigenvalue weighted by molar-refractivity contribution is -0.113. The first-order valence-electron chi connectivity index (χ1n) is 8.55. The number of hydrogen-bond donors (Lipinski definition) is 1. The Morgan fingerprint density at radius 2 is 1.81 bits per heavy atom. The maximum Gasteiger partial charge on any atom is 0.281 e. The van der Waals surface area contributed by atoms with E-state index in [0.29, 0.717) is 46.2 Å². The number of rotatable bonds is 6. The van der Waals surface area contributed by atoms with Gasteiger partial charge in [-0.2, -0.15) is 0 Å². The lowest BCUT2D eigenvalue weighted by atomic mass is 10.1. The van der Waals surface area contributed by atoms with Gasteiger partial charge in [0.1, 0.15) is 17.2 Å². The van der Waals surface area contributed by atoms with Gasteiger partial charge in [-0.05, 0) is 68.5 Å². The van der Waals surface area contributed by atoms with E-state index in [0.717, 1.165) is 5.56 Å². The molecule has 2 aromatic carbocycles. The predicted molar refractivity (Wildman–Crippen MR) is 111 cm³/mol. The van der Waals surface area contributed by atoms with Crippen molar-refractivity contribution in [2.24, 2.45) is 0 Å². The highest BCUT2D eigenvalue weighted by Crippen LogP contribution is 2.29. The van der Waals surface area contributed by atoms with Crippen LogP contribution in [0.5, 0.6) is 11.5 Å². The monoisotopic (exact) mass is 402 g/mol. The van der Waals surface area contributed by atoms with E-state index in [9.17, 15) is 4.79 Å². The van der Waals surface area contributed by atoms with E-state index >= 15 is 0 Å². The van der Waals surface area contributed by atoms with Crippen LogP contribution in [0.3, 0.4) is 0 Å². The molecule has 1 fully saturated rings. The molecular weight excluding hydrogens is 384 g/mol. The second-order valence-corrected chi connectivity index (χ2v) is 6.49. The van der Waals surface area contributed by atoms with Crippen molar-refractivity contribution in [2.75, 3.05) is 18.1 Å². The van der Waals surface area contributed by atoms with Crippen LogP contribution in [0.2, 0.25) is 5.02 Å². The number of nitrogens with one attached hydrogen (secondary N) is 1. The largest absolute Gasteiger partial charge is 0.494 e. The number of hydrogen-bond acceptors (Lipinski definition) is 4. The Kier molecular flexibility index (Phi) is 5.98. The molecule has 0 aromatic heterocycles. The topological polar surface area (TPSA) is 50.8 Å². The smallest absolute Gasteiger partial charge is 0.281 e. The zero-order valence-electron chi connectivity index (χ0n) is 15.0. The summed E-state index contributed by atoms with van der Waals surface area (Å²) in [7, 11) is 0. The molecule has 1 amide bonds. The Morgan fingerprint density at radius 1 is 1.11 bits per heavy atom. The maximum absolute atomic E-state index is 12.9. The highest BCUT2D eigenvalue weighted by molar-refractivity contribution is 7.80. The minimum atomic E-state index is -0.237. The van der Waals surface area contributed by atoms with Crippen LogP contribution < -0.4 is 19.7 Å². The first-order chi connectivity index (χ1) is 13.0. The van der Waals surface area contributed by atoms with Crippen molar-refractivity contribution in [1.82, 2.24) is 5.32 Å². The maximum atomic E-state index is 12.9. The molecular formula is C20H19ClN2O3S. The molecule has 1 aliphatic heterocycles. The van der Waals surface area contributed by atoms with Crippen molar-refractivity contribution in [3.8, 4) is 11.5 Å². The summed E-state index contributed by atoms with van der Waals surface area (Å²) in [6, 6.07) is 12.4. The molecule has 0 radical (unpaired) electrons. The van der Waals surface area contributed by atoms with Gasteiger partial charge in [0, 0.05) is 16.7 Å². The SMILES string of the molecule is CCOc1ccc(/C=C2\NC(=S)N(c3ccc(Cl)cc3)C2=O)c(OCC)c1. The summed E-state index contributed by atoms with van der Waals surface area (Å²) in [6.45, 7) is 4.89. The molecule has 0 saturated carbocycles. The number of ether oxygens (including phenoxy) is 2. The molecule has 0 atom stereocenters. The Morgan fingerprint density at radius 3 is 2.48 bits per heavy atom. The van der Waals surface area contributed by atoms with E-state index in [2.05, 4.69) is 5.32 Å². The Bertz CT molecular complexity index is 897. The predicted octanol–water partition coefficient (Wildman–Crippen LogP) is 4.40. The second kappa shape index (κ2) is 8.41. The van der Waals surface area contributed by atoms with Crippen LogP contribution in [0.4, 0.5) is 5.69 Å². The molecule has 2 aromatic rings. The lowest BCUT2D eigenvalue weighted by Crippen LogP contribution is -2.30. The fourth-order valence-electron chi connectivity index (χ4n) is 2.69. The standard InChI is InChI=1S/C20H19ClN2O3S/c1-3-25-16-10-5-13(18(12-16)26-4-2)11-17-19(24)23(20(27)22-17)15-8-6-14(21)7-9-15/h5-12H,3-4H2,1-2H3,(H,22,27)/b17-11-. The van der Waals surface area contributed by atoms with E-state index in [4.69, 9.17) is 33.3 Å². The molecule has 0 spiro atoms. The number of amides is 1. The average Bonchev–Trinajstić information content (AvgIpc) is 2.92. The van der Waals surface area contributed by atoms with Crippen molar-refractivity contribution < 1.29 is 14.3 Å². The number of thiocarbonyl (C=S) groups is 1. The highest BCUT2D eigenvalue weighted by Gasteiger charge is 2.32. The van der Waals surface area contributed by atoms with Crippen LogP contribution in [0, 0.1) is 0 Å². The second-order valence-electron chi connectivity index (χ2n) is 5.67. The van der Waals surface area contributed by atoms with E-state index in [1.54, 1.807) is 30.3 Å². The number of carbonyl (C=O) groups is 1. The molecule has 1 N–H and O–H groups in total. The molecule has 5 nitrogen and oxygen atoms in total. The van der Waals surface area contributed by atoms with Gasteiger partial charge in [0.05, 0.1) is 18.9 Å². The summed E-state index contributed by atoms with van der Waals surface area (Å²) in [5, 5.41) is 3.88. The number of halogens is 1. The summed E-state index contributed by atoms with van der Waals surface area (Å²) in [6.07, 6.45) is 1.73. The molecule has 7 heteroatoms. The van der Waals surface area contributed by atoms with Gasteiger partial charge in [0.15, 0.2) is 5.11 Å². The normalized spacial score (nSPS) is 15.2. The molecule has 1 saturated heterocycles. The number of nitrogens with zero attached hydrogens (tertiary/aromatic N) is 1. The Balaban J connectivity index is 1.92. The molecule has 0 bridgehead atoms. The molecule has 1 aliphatic rings. The minimum Gasteiger partial charge on any atom is -0.494 e. The zero-order chi connectivity index (χ0) is 19.4. The van der Waals surface area contributed by atoms with Gasteiger partial charge < -0.3 is 14.8 Å². The van der Waals surface area contributed by atoms with E-state index < -0.39 is 0 Å². The van der Waals surface area contributed by atoms with Crippen molar-refractivity contribution in [1.29, 1.82) is 0 Å². The lowest BCUT2D eigenvalue weighted by Gasteiger charge is -2.13. The molecule has 0 unspecified atom stereocenters. The number of benzene rings is 2. The number of carbonyl (C=O) groups excluding carboxylic acids is 1. The van der Waals surface area contributed by atoms with Gasteiger partial charge >= 0.3 is 0 Å². The third-order valence-electron chi connectivity index (χ3n) is 3.86. The van der Waals surface area contributed by atoms with Crippen LogP contribution in [-0.2, 0) is 4.79 Å². The van der Waals surface area contributed by atoms with Gasteiger partial charge in [-0.3, -0.25) is 9.69 Å². The average molecular weight is 403 g/mol. The minimum absolute atomic E-state index is 0.237. The van der Waals surface area contributed by atoms with Crippen LogP contribution in [0.15, 0.2) is 48.2 Å². The first-order valence-corrected chi connectivity index (χ1v) is 9.34. The molecule has 0 aliphatic carbocycles. The summed E-state index contributed by atoms with van der Waals surface area (Å²) >= 11 is 11.3. The van der Waals surface area contributed by atoms with Crippen molar-refractivity contribution in [3.05, 3.63) is 58.7 Å². The molecule has 3 rings (SSSR count). The zero-order valence-corrected chi connectivity index (χ0v) is 16.6. The molecule has 1 heterocycles. The molecule has 27 heavy (non-hydrogen) atoms. The van der Waals surface area contributed by atoms with Gasteiger partial charge in [-0.15, -0.1) is 0 Å². The van der Waals surface area contributed by atoms with Gasteiger partial charge in [-0.25, -0.2) is 0 Å². The van der Waals surface area contributed by atoms with Crippen molar-refractivity contribution >= 4 is 46.6 Å².